The maximum atomic E-state index is 12.0. The van der Waals surface area contributed by atoms with Crippen molar-refractivity contribution < 1.29 is 9.15 Å². The van der Waals surface area contributed by atoms with E-state index in [1.54, 1.807) is 25.3 Å². The molecule has 0 unspecified atom stereocenters. The first-order valence-corrected chi connectivity index (χ1v) is 10.8. The maximum Gasteiger partial charge on any atom is 0.338 e. The number of ether oxygens (including phenoxy) is 1. The van der Waals surface area contributed by atoms with Crippen LogP contribution < -0.4 is 15.7 Å². The summed E-state index contributed by atoms with van der Waals surface area (Å²) >= 11 is 0. The number of hydrogen-bond acceptors (Lipinski definition) is 5. The van der Waals surface area contributed by atoms with E-state index in [1.807, 2.05) is 6.07 Å². The van der Waals surface area contributed by atoms with Crippen LogP contribution in [-0.2, 0) is 6.54 Å². The molecule has 1 aliphatic heterocycles. The van der Waals surface area contributed by atoms with Gasteiger partial charge in [0, 0.05) is 37.1 Å². The molecule has 5 rings (SSSR count). The van der Waals surface area contributed by atoms with Gasteiger partial charge in [0.2, 0.25) is 0 Å². The fourth-order valence-electron chi connectivity index (χ4n) is 4.44. The molecule has 1 N–H and O–H groups in total. The number of benzene rings is 3. The number of nitrogens with zero attached hydrogens (tertiary/aromatic N) is 1. The highest BCUT2D eigenvalue weighted by Gasteiger charge is 2.20. The second-order valence-electron chi connectivity index (χ2n) is 8.22. The average molecular weight is 415 g/mol. The van der Waals surface area contributed by atoms with E-state index < -0.39 is 0 Å². The quantitative estimate of drug-likeness (QED) is 0.464. The molecular weight excluding hydrogens is 388 g/mol. The first-order valence-electron chi connectivity index (χ1n) is 10.8. The third-order valence-electron chi connectivity index (χ3n) is 6.12. The molecule has 31 heavy (non-hydrogen) atoms. The van der Waals surface area contributed by atoms with E-state index in [4.69, 9.17) is 9.15 Å². The average Bonchev–Trinajstić information content (AvgIpc) is 2.80. The van der Waals surface area contributed by atoms with Gasteiger partial charge in [-0.3, -0.25) is 4.90 Å². The summed E-state index contributed by atoms with van der Waals surface area (Å²) in [5, 5.41) is 7.03. The SMILES string of the molecule is COc1ccc2oc(=O)cc(NC3CCN(Cc4ccc5ccccc5c4)CC3)c2c1. The maximum absolute atomic E-state index is 12.0. The molecule has 158 valence electrons. The Morgan fingerprint density at radius 3 is 2.61 bits per heavy atom. The molecule has 0 spiro atoms. The second kappa shape index (κ2) is 8.44. The standard InChI is InChI=1S/C26H26N2O3/c1-30-22-8-9-25-23(15-22)24(16-26(29)31-25)27-21-10-12-28(13-11-21)17-18-6-7-19-4-2-3-5-20(19)14-18/h2-9,14-16,21,27H,10-13,17H2,1H3. The lowest BCUT2D eigenvalue weighted by Crippen LogP contribution is -2.38. The number of rotatable bonds is 5. The summed E-state index contributed by atoms with van der Waals surface area (Å²) in [6, 6.07) is 22.6. The van der Waals surface area contributed by atoms with Gasteiger partial charge in [-0.05, 0) is 53.4 Å². The summed E-state index contributed by atoms with van der Waals surface area (Å²) in [7, 11) is 1.64. The van der Waals surface area contributed by atoms with E-state index in [2.05, 4.69) is 52.7 Å². The first-order chi connectivity index (χ1) is 15.2. The van der Waals surface area contributed by atoms with Crippen LogP contribution in [0.4, 0.5) is 5.69 Å². The van der Waals surface area contributed by atoms with Crippen LogP contribution in [0.15, 0.2) is 75.9 Å². The molecule has 0 atom stereocenters. The van der Waals surface area contributed by atoms with Crippen LogP contribution >= 0.6 is 0 Å². The Hall–Kier alpha value is -3.31. The summed E-state index contributed by atoms with van der Waals surface area (Å²) in [4.78, 5) is 14.5. The van der Waals surface area contributed by atoms with Gasteiger partial charge in [0.1, 0.15) is 11.3 Å². The minimum absolute atomic E-state index is 0.323. The van der Waals surface area contributed by atoms with E-state index in [9.17, 15) is 4.79 Å². The van der Waals surface area contributed by atoms with Crippen LogP contribution in [-0.4, -0.2) is 31.1 Å². The van der Waals surface area contributed by atoms with Crippen LogP contribution in [0.2, 0.25) is 0 Å². The van der Waals surface area contributed by atoms with Crippen molar-refractivity contribution in [1.82, 2.24) is 4.90 Å². The van der Waals surface area contributed by atoms with E-state index >= 15 is 0 Å². The van der Waals surface area contributed by atoms with Gasteiger partial charge in [-0.15, -0.1) is 0 Å². The lowest BCUT2D eigenvalue weighted by atomic mass is 10.0. The Labute approximate surface area is 181 Å². The normalized spacial score (nSPS) is 15.4. The summed E-state index contributed by atoms with van der Waals surface area (Å²) in [6.45, 7) is 3.01. The van der Waals surface area contributed by atoms with Crippen LogP contribution in [0, 0.1) is 0 Å². The van der Waals surface area contributed by atoms with Crippen molar-refractivity contribution in [2.75, 3.05) is 25.5 Å². The molecule has 1 fully saturated rings. The van der Waals surface area contributed by atoms with E-state index in [0.29, 0.717) is 11.6 Å². The monoisotopic (exact) mass is 414 g/mol. The number of anilines is 1. The number of likely N-dealkylation sites (tertiary alicyclic amines) is 1. The van der Waals surface area contributed by atoms with Crippen molar-refractivity contribution in [3.63, 3.8) is 0 Å². The molecular formula is C26H26N2O3. The lowest BCUT2D eigenvalue weighted by Gasteiger charge is -2.33. The molecule has 0 radical (unpaired) electrons. The predicted octanol–water partition coefficient (Wildman–Crippen LogP) is 5.03. The molecule has 0 saturated carbocycles. The van der Waals surface area contributed by atoms with Crippen molar-refractivity contribution in [3.05, 3.63) is 82.7 Å². The second-order valence-corrected chi connectivity index (χ2v) is 8.22. The largest absolute Gasteiger partial charge is 0.497 e. The minimum atomic E-state index is -0.339. The van der Waals surface area contributed by atoms with Gasteiger partial charge in [-0.2, -0.15) is 0 Å². The highest BCUT2D eigenvalue weighted by molar-refractivity contribution is 5.90. The van der Waals surface area contributed by atoms with Crippen molar-refractivity contribution >= 4 is 27.4 Å². The summed E-state index contributed by atoms with van der Waals surface area (Å²) in [5.74, 6) is 0.745. The summed E-state index contributed by atoms with van der Waals surface area (Å²) < 4.78 is 10.7. The topological polar surface area (TPSA) is 54.7 Å². The van der Waals surface area contributed by atoms with E-state index in [1.165, 1.54) is 16.3 Å². The zero-order valence-corrected chi connectivity index (χ0v) is 17.6. The Balaban J connectivity index is 1.26. The van der Waals surface area contributed by atoms with Gasteiger partial charge in [0.25, 0.3) is 0 Å². The van der Waals surface area contributed by atoms with Crippen LogP contribution in [0.25, 0.3) is 21.7 Å². The Morgan fingerprint density at radius 2 is 1.81 bits per heavy atom. The zero-order chi connectivity index (χ0) is 21.2. The molecule has 0 bridgehead atoms. The molecule has 5 heteroatoms. The highest BCUT2D eigenvalue weighted by Crippen LogP contribution is 2.28. The molecule has 2 heterocycles. The van der Waals surface area contributed by atoms with Crippen molar-refractivity contribution in [3.8, 4) is 5.75 Å². The molecule has 1 aliphatic rings. The lowest BCUT2D eigenvalue weighted by molar-refractivity contribution is 0.211. The Bertz CT molecular complexity index is 1270. The molecule has 0 aliphatic carbocycles. The third-order valence-corrected chi connectivity index (χ3v) is 6.12. The molecule has 0 amide bonds. The van der Waals surface area contributed by atoms with Gasteiger partial charge < -0.3 is 14.5 Å². The number of fused-ring (bicyclic) bond motifs is 2. The Morgan fingerprint density at radius 1 is 1.00 bits per heavy atom. The predicted molar refractivity (Wildman–Crippen MR) is 125 cm³/mol. The molecule has 1 saturated heterocycles. The molecule has 4 aromatic rings. The number of methoxy groups -OCH3 is 1. The first kappa shape index (κ1) is 19.6. The zero-order valence-electron chi connectivity index (χ0n) is 17.6. The van der Waals surface area contributed by atoms with Gasteiger partial charge in [-0.1, -0.05) is 36.4 Å². The van der Waals surface area contributed by atoms with Crippen molar-refractivity contribution in [2.24, 2.45) is 0 Å². The molecule has 5 nitrogen and oxygen atoms in total. The summed E-state index contributed by atoms with van der Waals surface area (Å²) in [5.41, 5.74) is 2.40. The van der Waals surface area contributed by atoms with E-state index in [0.717, 1.165) is 49.3 Å². The molecule has 3 aromatic carbocycles. The van der Waals surface area contributed by atoms with Crippen LogP contribution in [0.5, 0.6) is 5.75 Å². The smallest absolute Gasteiger partial charge is 0.338 e. The van der Waals surface area contributed by atoms with Gasteiger partial charge in [0.15, 0.2) is 0 Å². The number of piperidine rings is 1. The number of nitrogens with one attached hydrogen (secondary N) is 1. The van der Waals surface area contributed by atoms with Crippen LogP contribution in [0.1, 0.15) is 18.4 Å². The van der Waals surface area contributed by atoms with Gasteiger partial charge in [-0.25, -0.2) is 4.79 Å². The van der Waals surface area contributed by atoms with Gasteiger partial charge >= 0.3 is 5.63 Å². The Kier molecular flexibility index (Phi) is 5.35. The van der Waals surface area contributed by atoms with Gasteiger partial charge in [0.05, 0.1) is 12.8 Å². The highest BCUT2D eigenvalue weighted by atomic mass is 16.5. The molecule has 1 aromatic heterocycles. The van der Waals surface area contributed by atoms with E-state index in [-0.39, 0.29) is 5.63 Å². The third kappa shape index (κ3) is 4.28. The summed E-state index contributed by atoms with van der Waals surface area (Å²) in [6.07, 6.45) is 2.05. The van der Waals surface area contributed by atoms with Crippen LogP contribution in [0.3, 0.4) is 0 Å². The fourth-order valence-corrected chi connectivity index (χ4v) is 4.44. The minimum Gasteiger partial charge on any atom is -0.497 e. The van der Waals surface area contributed by atoms with Crippen molar-refractivity contribution in [2.45, 2.75) is 25.4 Å². The van der Waals surface area contributed by atoms with Crippen molar-refractivity contribution in [1.29, 1.82) is 0 Å². The number of hydrogen-bond donors (Lipinski definition) is 1. The fraction of sp³-hybridized carbons (Fsp3) is 0.269.